The van der Waals surface area contributed by atoms with E-state index in [1.54, 1.807) is 0 Å². The molecule has 1 N–H and O–H groups in total. The van der Waals surface area contributed by atoms with E-state index in [2.05, 4.69) is 6.92 Å². The lowest BCUT2D eigenvalue weighted by atomic mass is 10.1. The third-order valence-corrected chi connectivity index (χ3v) is 2.99. The molecule has 0 amide bonds. The SMILES string of the molecule is C1CCCC1.CCCCCCCCC(=O)O. The Morgan fingerprint density at radius 3 is 1.75 bits per heavy atom. The Kier molecular flexibility index (Phi) is 12.1. The van der Waals surface area contributed by atoms with E-state index in [1.165, 1.54) is 57.8 Å². The lowest BCUT2D eigenvalue weighted by Gasteiger charge is -1.97. The van der Waals surface area contributed by atoms with Gasteiger partial charge in [-0.2, -0.15) is 0 Å². The fourth-order valence-electron chi connectivity index (χ4n) is 1.94. The van der Waals surface area contributed by atoms with Crippen LogP contribution in [-0.4, -0.2) is 11.1 Å². The molecule has 2 heteroatoms. The molecule has 1 fully saturated rings. The number of unbranched alkanes of at least 4 members (excludes halogenated alkanes) is 5. The maximum absolute atomic E-state index is 10.1. The monoisotopic (exact) mass is 228 g/mol. The summed E-state index contributed by atoms with van der Waals surface area (Å²) in [5.74, 6) is -0.666. The summed E-state index contributed by atoms with van der Waals surface area (Å²) in [5.41, 5.74) is 0. The number of aliphatic carboxylic acids is 1. The van der Waals surface area contributed by atoms with E-state index >= 15 is 0 Å². The van der Waals surface area contributed by atoms with Crippen molar-refractivity contribution in [2.75, 3.05) is 0 Å². The first-order valence-corrected chi connectivity index (χ1v) is 6.99. The van der Waals surface area contributed by atoms with Crippen molar-refractivity contribution < 1.29 is 9.90 Å². The van der Waals surface area contributed by atoms with Crippen molar-refractivity contribution in [2.24, 2.45) is 0 Å². The van der Waals surface area contributed by atoms with Crippen LogP contribution < -0.4 is 0 Å². The average molecular weight is 228 g/mol. The number of hydrogen-bond donors (Lipinski definition) is 1. The van der Waals surface area contributed by atoms with Crippen molar-refractivity contribution in [3.63, 3.8) is 0 Å². The first kappa shape index (κ1) is 15.5. The minimum atomic E-state index is -0.666. The van der Waals surface area contributed by atoms with Crippen molar-refractivity contribution in [1.82, 2.24) is 0 Å². The van der Waals surface area contributed by atoms with Gasteiger partial charge in [-0.1, -0.05) is 71.1 Å². The number of carboxylic acid groups (broad SMARTS) is 1. The van der Waals surface area contributed by atoms with Gasteiger partial charge in [0.05, 0.1) is 0 Å². The molecule has 0 spiro atoms. The largest absolute Gasteiger partial charge is 0.481 e. The Bertz CT molecular complexity index is 143. The van der Waals surface area contributed by atoms with Crippen molar-refractivity contribution >= 4 is 5.97 Å². The third kappa shape index (κ3) is 13.5. The Labute approximate surface area is 100 Å². The molecule has 96 valence electrons. The second-order valence-electron chi connectivity index (χ2n) is 4.68. The van der Waals surface area contributed by atoms with E-state index in [1.807, 2.05) is 0 Å². The topological polar surface area (TPSA) is 37.3 Å². The number of hydrogen-bond acceptors (Lipinski definition) is 1. The standard InChI is InChI=1S/C9H18O2.C5H10/c1-2-3-4-5-6-7-8-9(10)11;1-2-4-5-3-1/h2-8H2,1H3,(H,10,11);1-5H2. The molecule has 1 rings (SSSR count). The molecule has 0 atom stereocenters. The summed E-state index contributed by atoms with van der Waals surface area (Å²) in [6.07, 6.45) is 14.8. The Hall–Kier alpha value is -0.530. The Morgan fingerprint density at radius 1 is 0.875 bits per heavy atom. The highest BCUT2D eigenvalue weighted by Gasteiger charge is 1.95. The Morgan fingerprint density at radius 2 is 1.31 bits per heavy atom. The van der Waals surface area contributed by atoms with Crippen LogP contribution in [0.3, 0.4) is 0 Å². The lowest BCUT2D eigenvalue weighted by Crippen LogP contribution is -1.93. The predicted octanol–water partition coefficient (Wildman–Crippen LogP) is 4.77. The lowest BCUT2D eigenvalue weighted by molar-refractivity contribution is -0.137. The molecule has 0 aromatic heterocycles. The minimum absolute atomic E-state index is 0.339. The van der Waals surface area contributed by atoms with Gasteiger partial charge in [0.15, 0.2) is 0 Å². The summed E-state index contributed by atoms with van der Waals surface area (Å²) in [7, 11) is 0. The second kappa shape index (κ2) is 12.5. The van der Waals surface area contributed by atoms with Crippen LogP contribution in [0.5, 0.6) is 0 Å². The maximum atomic E-state index is 10.1. The second-order valence-corrected chi connectivity index (χ2v) is 4.68. The summed E-state index contributed by atoms with van der Waals surface area (Å²) in [6.45, 7) is 2.18. The fourth-order valence-corrected chi connectivity index (χ4v) is 1.94. The quantitative estimate of drug-likeness (QED) is 0.637. The molecular formula is C14H28O2. The summed E-state index contributed by atoms with van der Waals surface area (Å²) in [6, 6.07) is 0. The molecular weight excluding hydrogens is 200 g/mol. The molecule has 0 bridgehead atoms. The molecule has 1 saturated carbocycles. The van der Waals surface area contributed by atoms with Gasteiger partial charge < -0.3 is 5.11 Å². The number of carboxylic acids is 1. The van der Waals surface area contributed by atoms with Crippen LogP contribution in [0.15, 0.2) is 0 Å². The third-order valence-electron chi connectivity index (χ3n) is 2.99. The maximum Gasteiger partial charge on any atom is 0.303 e. The number of rotatable bonds is 7. The van der Waals surface area contributed by atoms with Gasteiger partial charge in [-0.05, 0) is 6.42 Å². The van der Waals surface area contributed by atoms with Gasteiger partial charge in [-0.25, -0.2) is 0 Å². The summed E-state index contributed by atoms with van der Waals surface area (Å²) in [4.78, 5) is 10.1. The molecule has 0 heterocycles. The van der Waals surface area contributed by atoms with Crippen molar-refractivity contribution in [2.45, 2.75) is 84.0 Å². The fraction of sp³-hybridized carbons (Fsp3) is 0.929. The van der Waals surface area contributed by atoms with Crippen molar-refractivity contribution in [1.29, 1.82) is 0 Å². The van der Waals surface area contributed by atoms with Crippen LogP contribution in [0.4, 0.5) is 0 Å². The van der Waals surface area contributed by atoms with Gasteiger partial charge in [-0.3, -0.25) is 4.79 Å². The van der Waals surface area contributed by atoms with Crippen LogP contribution in [0.2, 0.25) is 0 Å². The molecule has 0 unspecified atom stereocenters. The predicted molar refractivity (Wildman–Crippen MR) is 68.7 cm³/mol. The average Bonchev–Trinajstić information content (AvgIpc) is 2.81. The highest BCUT2D eigenvalue weighted by molar-refractivity contribution is 5.66. The van der Waals surface area contributed by atoms with Gasteiger partial charge in [0.1, 0.15) is 0 Å². The summed E-state index contributed by atoms with van der Waals surface area (Å²) >= 11 is 0. The minimum Gasteiger partial charge on any atom is -0.481 e. The first-order valence-electron chi connectivity index (χ1n) is 6.99. The van der Waals surface area contributed by atoms with Gasteiger partial charge in [0.2, 0.25) is 0 Å². The van der Waals surface area contributed by atoms with E-state index in [4.69, 9.17) is 5.11 Å². The van der Waals surface area contributed by atoms with Crippen molar-refractivity contribution in [3.8, 4) is 0 Å². The van der Waals surface area contributed by atoms with Gasteiger partial charge in [-0.15, -0.1) is 0 Å². The molecule has 1 aliphatic rings. The zero-order chi connectivity index (χ0) is 12.1. The van der Waals surface area contributed by atoms with E-state index in [0.717, 1.165) is 12.8 Å². The Balaban J connectivity index is 0.000000368. The molecule has 1 aliphatic carbocycles. The molecule has 2 nitrogen and oxygen atoms in total. The van der Waals surface area contributed by atoms with E-state index in [-0.39, 0.29) is 0 Å². The van der Waals surface area contributed by atoms with Gasteiger partial charge in [0, 0.05) is 6.42 Å². The molecule has 0 saturated heterocycles. The zero-order valence-electron chi connectivity index (χ0n) is 10.8. The number of carbonyl (C=O) groups is 1. The van der Waals surface area contributed by atoms with Crippen LogP contribution in [0, 0.1) is 0 Å². The highest BCUT2D eigenvalue weighted by Crippen LogP contribution is 2.15. The van der Waals surface area contributed by atoms with E-state index in [9.17, 15) is 4.79 Å². The molecule has 0 aliphatic heterocycles. The smallest absolute Gasteiger partial charge is 0.303 e. The molecule has 0 radical (unpaired) electrons. The first-order chi connectivity index (χ1) is 7.77. The van der Waals surface area contributed by atoms with E-state index < -0.39 is 5.97 Å². The van der Waals surface area contributed by atoms with Gasteiger partial charge in [0.25, 0.3) is 0 Å². The van der Waals surface area contributed by atoms with Crippen LogP contribution in [0.25, 0.3) is 0 Å². The molecule has 16 heavy (non-hydrogen) atoms. The van der Waals surface area contributed by atoms with E-state index in [0.29, 0.717) is 6.42 Å². The van der Waals surface area contributed by atoms with Crippen LogP contribution in [-0.2, 0) is 4.79 Å². The zero-order valence-corrected chi connectivity index (χ0v) is 10.8. The highest BCUT2D eigenvalue weighted by atomic mass is 16.4. The van der Waals surface area contributed by atoms with Crippen LogP contribution >= 0.6 is 0 Å². The molecule has 0 aromatic rings. The summed E-state index contributed by atoms with van der Waals surface area (Å²) < 4.78 is 0. The molecule has 0 aromatic carbocycles. The van der Waals surface area contributed by atoms with Crippen molar-refractivity contribution in [3.05, 3.63) is 0 Å². The normalized spacial score (nSPS) is 14.3. The van der Waals surface area contributed by atoms with Crippen LogP contribution in [0.1, 0.15) is 84.0 Å². The summed E-state index contributed by atoms with van der Waals surface area (Å²) in [5, 5.41) is 8.32. The van der Waals surface area contributed by atoms with Gasteiger partial charge >= 0.3 is 5.97 Å².